The van der Waals surface area contributed by atoms with E-state index in [0.29, 0.717) is 40.8 Å². The van der Waals surface area contributed by atoms with Crippen molar-refractivity contribution in [1.82, 2.24) is 20.6 Å². The van der Waals surface area contributed by atoms with Crippen molar-refractivity contribution in [2.45, 2.75) is 25.4 Å². The fraction of sp³-hybridized carbons (Fsp3) is 0.346. The lowest BCUT2D eigenvalue weighted by atomic mass is 10.1. The molecular formula is C26H30ClN5O4. The van der Waals surface area contributed by atoms with E-state index in [1.165, 1.54) is 0 Å². The van der Waals surface area contributed by atoms with Crippen LogP contribution < -0.4 is 15.5 Å². The van der Waals surface area contributed by atoms with Crippen LogP contribution in [0, 0.1) is 6.92 Å². The molecule has 1 saturated heterocycles. The number of imidazole rings is 1. The molecule has 0 radical (unpaired) electrons. The third-order valence-corrected chi connectivity index (χ3v) is 6.75. The van der Waals surface area contributed by atoms with Gasteiger partial charge in [0, 0.05) is 42.2 Å². The number of fused-ring (bicyclic) bond motifs is 1. The number of hydrogen-bond acceptors (Lipinski definition) is 8. The minimum atomic E-state index is -0.981. The molecule has 3 atom stereocenters. The van der Waals surface area contributed by atoms with Crippen molar-refractivity contribution in [3.05, 3.63) is 76.3 Å². The molecule has 0 spiro atoms. The Morgan fingerprint density at radius 1 is 1.31 bits per heavy atom. The van der Waals surface area contributed by atoms with Gasteiger partial charge in [0.05, 0.1) is 42.0 Å². The predicted octanol–water partition coefficient (Wildman–Crippen LogP) is 2.19. The number of rotatable bonds is 7. The van der Waals surface area contributed by atoms with Crippen LogP contribution in [0.5, 0.6) is 0 Å². The van der Waals surface area contributed by atoms with Crippen LogP contribution in [0.25, 0.3) is 16.6 Å². The van der Waals surface area contributed by atoms with Crippen LogP contribution in [0.2, 0.25) is 5.02 Å². The highest BCUT2D eigenvalue weighted by Gasteiger charge is 2.25. The third-order valence-electron chi connectivity index (χ3n) is 6.51. The number of aromatic amines is 1. The number of aryl methyl sites for hydroxylation is 1. The molecule has 0 aliphatic carbocycles. The van der Waals surface area contributed by atoms with Gasteiger partial charge in [-0.15, -0.1) is 0 Å². The van der Waals surface area contributed by atoms with E-state index in [9.17, 15) is 15.3 Å². The second-order valence-electron chi connectivity index (χ2n) is 9.05. The number of hydrogen-bond donors (Lipinski definition) is 6. The van der Waals surface area contributed by atoms with Gasteiger partial charge in [-0.1, -0.05) is 23.7 Å². The van der Waals surface area contributed by atoms with Crippen LogP contribution in [0.3, 0.4) is 0 Å². The van der Waals surface area contributed by atoms with Crippen molar-refractivity contribution in [2.75, 3.05) is 37.7 Å². The van der Waals surface area contributed by atoms with Gasteiger partial charge in [-0.05, 0) is 48.4 Å². The molecule has 5 rings (SSSR count). The monoisotopic (exact) mass is 511 g/mol. The molecule has 3 aromatic rings. The van der Waals surface area contributed by atoms with E-state index < -0.39 is 12.3 Å². The lowest BCUT2D eigenvalue weighted by Gasteiger charge is -2.33. The van der Waals surface area contributed by atoms with Gasteiger partial charge in [-0.3, -0.25) is 0 Å². The standard InChI is InChI=1S/C26H30ClN5O4/c1-15-9-18(32-7-8-36-19(13-32)14-33)11-21-24(15)31-25(30-21)23-20(5-6-28-26(23)35)29-12-22(34)16-3-2-4-17(27)10-16/h2-6,9-11,19,22,26,28-29,33-35H,7-8,12-14H2,1H3,(H,30,31)/t19?,22-,26?/m1/s1. The molecular weight excluding hydrogens is 482 g/mol. The number of allylic oxidation sites excluding steroid dienone is 1. The second-order valence-corrected chi connectivity index (χ2v) is 9.48. The lowest BCUT2D eigenvalue weighted by Crippen LogP contribution is -2.44. The fourth-order valence-corrected chi connectivity index (χ4v) is 4.84. The molecule has 0 bridgehead atoms. The third kappa shape index (κ3) is 5.07. The topological polar surface area (TPSA) is 126 Å². The highest BCUT2D eigenvalue weighted by atomic mass is 35.5. The highest BCUT2D eigenvalue weighted by Crippen LogP contribution is 2.30. The van der Waals surface area contributed by atoms with Crippen LogP contribution in [-0.4, -0.2) is 70.5 Å². The van der Waals surface area contributed by atoms with E-state index in [4.69, 9.17) is 21.3 Å². The second kappa shape index (κ2) is 10.5. The number of nitrogens with one attached hydrogen (secondary N) is 3. The Kier molecular flexibility index (Phi) is 7.17. The van der Waals surface area contributed by atoms with Gasteiger partial charge in [-0.2, -0.15) is 0 Å². The number of halogens is 1. The maximum atomic E-state index is 10.8. The molecule has 1 aromatic heterocycles. The minimum absolute atomic E-state index is 0.0136. The summed E-state index contributed by atoms with van der Waals surface area (Å²) in [5, 5.41) is 37.6. The molecule has 2 aromatic carbocycles. The van der Waals surface area contributed by atoms with Crippen LogP contribution in [0.15, 0.2) is 54.4 Å². The molecule has 2 unspecified atom stereocenters. The van der Waals surface area contributed by atoms with Gasteiger partial charge in [0.2, 0.25) is 0 Å². The summed E-state index contributed by atoms with van der Waals surface area (Å²) in [5.41, 5.74) is 5.59. The van der Waals surface area contributed by atoms with Gasteiger partial charge in [0.1, 0.15) is 5.82 Å². The molecule has 10 heteroatoms. The van der Waals surface area contributed by atoms with Crippen LogP contribution in [-0.2, 0) is 4.74 Å². The first-order chi connectivity index (χ1) is 17.4. The normalized spacial score (nSPS) is 21.1. The lowest BCUT2D eigenvalue weighted by molar-refractivity contribution is 0.00357. The van der Waals surface area contributed by atoms with Crippen molar-refractivity contribution < 1.29 is 20.1 Å². The Balaban J connectivity index is 1.43. The average molecular weight is 512 g/mol. The van der Waals surface area contributed by atoms with Crippen LogP contribution in [0.1, 0.15) is 23.1 Å². The van der Waals surface area contributed by atoms with E-state index in [-0.39, 0.29) is 19.3 Å². The number of aliphatic hydroxyl groups is 3. The Morgan fingerprint density at radius 3 is 2.97 bits per heavy atom. The molecule has 6 N–H and O–H groups in total. The molecule has 190 valence electrons. The van der Waals surface area contributed by atoms with E-state index in [2.05, 4.69) is 26.6 Å². The molecule has 2 aliphatic heterocycles. The number of aliphatic hydroxyl groups excluding tert-OH is 3. The van der Waals surface area contributed by atoms with Crippen molar-refractivity contribution in [3.63, 3.8) is 0 Å². The van der Waals surface area contributed by atoms with Crippen LogP contribution >= 0.6 is 11.6 Å². The molecule has 1 fully saturated rings. The van der Waals surface area contributed by atoms with Gasteiger partial charge >= 0.3 is 0 Å². The zero-order valence-corrected chi connectivity index (χ0v) is 20.7. The zero-order chi connectivity index (χ0) is 25.2. The number of dihydropyridines is 1. The predicted molar refractivity (Wildman–Crippen MR) is 139 cm³/mol. The molecule has 36 heavy (non-hydrogen) atoms. The first-order valence-corrected chi connectivity index (χ1v) is 12.3. The first-order valence-electron chi connectivity index (χ1n) is 11.9. The Labute approximate surface area is 214 Å². The summed E-state index contributed by atoms with van der Waals surface area (Å²) in [6, 6.07) is 11.2. The smallest absolute Gasteiger partial charge is 0.156 e. The summed E-state index contributed by atoms with van der Waals surface area (Å²) >= 11 is 6.06. The molecule has 3 heterocycles. The van der Waals surface area contributed by atoms with Gasteiger partial charge in [-0.25, -0.2) is 4.98 Å². The summed E-state index contributed by atoms with van der Waals surface area (Å²) in [6.45, 7) is 4.13. The summed E-state index contributed by atoms with van der Waals surface area (Å²) in [4.78, 5) is 10.4. The maximum absolute atomic E-state index is 10.8. The molecule has 0 amide bonds. The average Bonchev–Trinajstić information content (AvgIpc) is 3.31. The number of morpholine rings is 1. The maximum Gasteiger partial charge on any atom is 0.156 e. The Bertz CT molecular complexity index is 1310. The summed E-state index contributed by atoms with van der Waals surface area (Å²) in [6.07, 6.45) is 1.49. The Hall–Kier alpha value is -3.08. The van der Waals surface area contributed by atoms with Gasteiger partial charge in [0.25, 0.3) is 0 Å². The molecule has 9 nitrogen and oxygen atoms in total. The van der Waals surface area contributed by atoms with E-state index in [0.717, 1.165) is 28.8 Å². The minimum Gasteiger partial charge on any atom is -0.394 e. The summed E-state index contributed by atoms with van der Waals surface area (Å²) in [7, 11) is 0. The van der Waals surface area contributed by atoms with Gasteiger partial charge < -0.3 is 40.6 Å². The zero-order valence-electron chi connectivity index (χ0n) is 19.9. The Morgan fingerprint density at radius 2 is 2.17 bits per heavy atom. The number of H-pyrrole nitrogens is 1. The van der Waals surface area contributed by atoms with E-state index >= 15 is 0 Å². The number of ether oxygens (including phenoxy) is 1. The molecule has 0 saturated carbocycles. The summed E-state index contributed by atoms with van der Waals surface area (Å²) in [5.74, 6) is 0.532. The molecule has 2 aliphatic rings. The number of aromatic nitrogens is 2. The number of nitrogens with zero attached hydrogens (tertiary/aromatic N) is 2. The van der Waals surface area contributed by atoms with E-state index in [1.807, 2.05) is 19.1 Å². The fourth-order valence-electron chi connectivity index (χ4n) is 4.64. The van der Waals surface area contributed by atoms with Crippen molar-refractivity contribution >= 4 is 33.9 Å². The van der Waals surface area contributed by atoms with E-state index in [1.54, 1.807) is 30.5 Å². The quantitative estimate of drug-likeness (QED) is 0.285. The van der Waals surface area contributed by atoms with Crippen molar-refractivity contribution in [3.8, 4) is 0 Å². The number of anilines is 1. The first kappa shape index (κ1) is 24.6. The largest absolute Gasteiger partial charge is 0.394 e. The van der Waals surface area contributed by atoms with Crippen LogP contribution in [0.4, 0.5) is 5.69 Å². The SMILES string of the molecule is Cc1cc(N2CCOC(CO)C2)cc2[nH]c(C3=C(NC[C@@H](O)c4cccc(Cl)c4)C=CNC3O)nc12. The number of benzene rings is 2. The van der Waals surface area contributed by atoms with Crippen molar-refractivity contribution in [1.29, 1.82) is 0 Å². The summed E-state index contributed by atoms with van der Waals surface area (Å²) < 4.78 is 5.59. The highest BCUT2D eigenvalue weighted by molar-refractivity contribution is 6.30. The van der Waals surface area contributed by atoms with Gasteiger partial charge in [0.15, 0.2) is 6.23 Å². The van der Waals surface area contributed by atoms with Crippen molar-refractivity contribution in [2.24, 2.45) is 0 Å².